The van der Waals surface area contributed by atoms with Gasteiger partial charge in [-0.25, -0.2) is 9.18 Å². The Morgan fingerprint density at radius 2 is 1.95 bits per heavy atom. The first-order chi connectivity index (χ1) is 10.4. The van der Waals surface area contributed by atoms with E-state index in [0.717, 1.165) is 0 Å². The van der Waals surface area contributed by atoms with E-state index in [-0.39, 0.29) is 24.6 Å². The zero-order chi connectivity index (χ0) is 16.3. The number of benzene rings is 1. The number of hydrogen-bond donors (Lipinski definition) is 2. The molecular formula is C13H10Br2FN3O3. The van der Waals surface area contributed by atoms with Gasteiger partial charge in [-0.3, -0.25) is 9.48 Å². The molecule has 0 saturated heterocycles. The average molecular weight is 435 g/mol. The topological polar surface area (TPSA) is 84.2 Å². The van der Waals surface area contributed by atoms with Gasteiger partial charge in [-0.05, 0) is 50.1 Å². The van der Waals surface area contributed by atoms with Crippen molar-refractivity contribution >= 4 is 49.4 Å². The molecule has 0 aliphatic heterocycles. The molecule has 0 radical (unpaired) electrons. The predicted octanol–water partition coefficient (Wildman–Crippen LogP) is 3.27. The first kappa shape index (κ1) is 16.6. The number of aromatic carboxylic acids is 1. The van der Waals surface area contributed by atoms with Crippen molar-refractivity contribution in [3.63, 3.8) is 0 Å². The Morgan fingerprint density at radius 1 is 1.32 bits per heavy atom. The fourth-order valence-electron chi connectivity index (χ4n) is 1.76. The lowest BCUT2D eigenvalue weighted by Gasteiger charge is -2.10. The third-order valence-electron chi connectivity index (χ3n) is 2.76. The third-order valence-corrected chi connectivity index (χ3v) is 4.01. The molecule has 1 aromatic carbocycles. The molecule has 0 bridgehead atoms. The second kappa shape index (κ2) is 7.01. The molecule has 2 N–H and O–H groups in total. The number of rotatable bonds is 5. The van der Waals surface area contributed by atoms with Crippen LogP contribution < -0.4 is 5.32 Å². The van der Waals surface area contributed by atoms with Crippen molar-refractivity contribution in [1.82, 2.24) is 9.78 Å². The number of anilines is 1. The Balaban J connectivity index is 2.02. The van der Waals surface area contributed by atoms with Gasteiger partial charge in [-0.2, -0.15) is 5.10 Å². The van der Waals surface area contributed by atoms with Crippen LogP contribution in [-0.4, -0.2) is 26.8 Å². The molecule has 0 saturated carbocycles. The van der Waals surface area contributed by atoms with Crippen molar-refractivity contribution in [2.75, 3.05) is 5.32 Å². The molecule has 22 heavy (non-hydrogen) atoms. The van der Waals surface area contributed by atoms with Gasteiger partial charge >= 0.3 is 5.97 Å². The van der Waals surface area contributed by atoms with Crippen LogP contribution in [0.25, 0.3) is 0 Å². The summed E-state index contributed by atoms with van der Waals surface area (Å²) in [6.07, 6.45) is 1.38. The first-order valence-electron chi connectivity index (χ1n) is 6.08. The van der Waals surface area contributed by atoms with Crippen LogP contribution in [0.5, 0.6) is 0 Å². The van der Waals surface area contributed by atoms with Gasteiger partial charge in [0, 0.05) is 21.6 Å². The smallest absolute Gasteiger partial charge is 0.354 e. The summed E-state index contributed by atoms with van der Waals surface area (Å²) in [5, 5.41) is 15.4. The number of hydrogen-bond acceptors (Lipinski definition) is 3. The number of nitrogens with one attached hydrogen (secondary N) is 1. The van der Waals surface area contributed by atoms with Crippen molar-refractivity contribution in [3.8, 4) is 0 Å². The molecule has 9 heteroatoms. The van der Waals surface area contributed by atoms with Gasteiger partial charge in [-0.1, -0.05) is 0 Å². The van der Waals surface area contributed by atoms with E-state index in [1.54, 1.807) is 0 Å². The summed E-state index contributed by atoms with van der Waals surface area (Å²) in [5.74, 6) is -1.90. The second-order valence-corrected chi connectivity index (χ2v) is 6.00. The quantitative estimate of drug-likeness (QED) is 0.756. The van der Waals surface area contributed by atoms with Crippen molar-refractivity contribution in [2.45, 2.75) is 13.0 Å². The highest BCUT2D eigenvalue weighted by molar-refractivity contribution is 9.11. The Bertz CT molecular complexity index is 710. The lowest BCUT2D eigenvalue weighted by Crippen LogP contribution is -2.18. The molecule has 1 amide bonds. The molecule has 0 spiro atoms. The number of nitrogens with zero attached hydrogens (tertiary/aromatic N) is 2. The Morgan fingerprint density at radius 3 is 2.55 bits per heavy atom. The molecule has 0 fully saturated rings. The number of carboxylic acid groups (broad SMARTS) is 1. The maximum absolute atomic E-state index is 13.2. The highest BCUT2D eigenvalue weighted by Crippen LogP contribution is 2.32. The van der Waals surface area contributed by atoms with E-state index < -0.39 is 11.8 Å². The highest BCUT2D eigenvalue weighted by atomic mass is 79.9. The number of halogens is 3. The summed E-state index contributed by atoms with van der Waals surface area (Å²) in [6, 6.07) is 3.82. The Labute approximate surface area is 141 Å². The van der Waals surface area contributed by atoms with Crippen LogP contribution in [0.15, 0.2) is 33.3 Å². The van der Waals surface area contributed by atoms with Crippen LogP contribution in [0, 0.1) is 5.82 Å². The summed E-state index contributed by atoms with van der Waals surface area (Å²) in [7, 11) is 0. The zero-order valence-corrected chi connectivity index (χ0v) is 14.2. The molecule has 1 heterocycles. The van der Waals surface area contributed by atoms with E-state index in [1.165, 1.54) is 29.1 Å². The minimum atomic E-state index is -1.11. The second-order valence-electron chi connectivity index (χ2n) is 4.29. The molecule has 2 aromatic rings. The lowest BCUT2D eigenvalue weighted by atomic mass is 10.3. The van der Waals surface area contributed by atoms with E-state index in [2.05, 4.69) is 42.3 Å². The van der Waals surface area contributed by atoms with Gasteiger partial charge in [0.2, 0.25) is 5.91 Å². The fraction of sp³-hybridized carbons (Fsp3) is 0.154. The van der Waals surface area contributed by atoms with E-state index >= 15 is 0 Å². The minimum Gasteiger partial charge on any atom is -0.477 e. The molecule has 0 aliphatic carbocycles. The predicted molar refractivity (Wildman–Crippen MR) is 84.2 cm³/mol. The maximum Gasteiger partial charge on any atom is 0.354 e. The molecule has 0 atom stereocenters. The van der Waals surface area contributed by atoms with Gasteiger partial charge in [-0.15, -0.1) is 0 Å². The van der Waals surface area contributed by atoms with Gasteiger partial charge in [0.25, 0.3) is 0 Å². The average Bonchev–Trinajstić information content (AvgIpc) is 2.89. The van der Waals surface area contributed by atoms with E-state index in [4.69, 9.17) is 5.11 Å². The number of amides is 1. The van der Waals surface area contributed by atoms with Crippen LogP contribution in [0.4, 0.5) is 10.1 Å². The van der Waals surface area contributed by atoms with Crippen molar-refractivity contribution in [1.29, 1.82) is 0 Å². The molecule has 6 nitrogen and oxygen atoms in total. The molecule has 0 unspecified atom stereocenters. The summed E-state index contributed by atoms with van der Waals surface area (Å²) in [6.45, 7) is 0.122. The number of carbonyl (C=O) groups excluding carboxylic acids is 1. The van der Waals surface area contributed by atoms with E-state index in [0.29, 0.717) is 14.6 Å². The van der Waals surface area contributed by atoms with Crippen LogP contribution in [-0.2, 0) is 11.3 Å². The standard InChI is InChI=1S/C13H10Br2FN3O3/c14-8-5-7(16)6-9(15)12(8)18-11(20)2-4-19-10(13(21)22)1-3-17-19/h1,3,5-6H,2,4H2,(H,18,20)(H,21,22). The number of carbonyl (C=O) groups is 2. The summed E-state index contributed by atoms with van der Waals surface area (Å²) < 4.78 is 15.2. The molecule has 2 rings (SSSR count). The van der Waals surface area contributed by atoms with Gasteiger partial charge < -0.3 is 10.4 Å². The highest BCUT2D eigenvalue weighted by Gasteiger charge is 2.14. The third kappa shape index (κ3) is 3.92. The normalized spacial score (nSPS) is 10.5. The van der Waals surface area contributed by atoms with Gasteiger partial charge in [0.15, 0.2) is 0 Å². The van der Waals surface area contributed by atoms with Crippen LogP contribution in [0.3, 0.4) is 0 Å². The minimum absolute atomic E-state index is 0.0111. The van der Waals surface area contributed by atoms with Crippen LogP contribution >= 0.6 is 31.9 Å². The number of aryl methyl sites for hydroxylation is 1. The Hall–Kier alpha value is -1.74. The molecular weight excluding hydrogens is 425 g/mol. The first-order valence-corrected chi connectivity index (χ1v) is 7.66. The molecule has 116 valence electrons. The fourth-order valence-corrected chi connectivity index (χ4v) is 3.09. The van der Waals surface area contributed by atoms with Crippen LogP contribution in [0.1, 0.15) is 16.9 Å². The number of carboxylic acids is 1. The summed E-state index contributed by atoms with van der Waals surface area (Å²) in [4.78, 5) is 22.9. The van der Waals surface area contributed by atoms with Crippen molar-refractivity contribution in [3.05, 3.63) is 44.9 Å². The Kier molecular flexibility index (Phi) is 5.30. The van der Waals surface area contributed by atoms with Crippen LogP contribution in [0.2, 0.25) is 0 Å². The van der Waals surface area contributed by atoms with Gasteiger partial charge in [0.05, 0.1) is 12.2 Å². The van der Waals surface area contributed by atoms with E-state index in [1.807, 2.05) is 0 Å². The molecule has 0 aliphatic rings. The zero-order valence-electron chi connectivity index (χ0n) is 11.0. The summed E-state index contributed by atoms with van der Waals surface area (Å²) in [5.41, 5.74) is 0.419. The van der Waals surface area contributed by atoms with Gasteiger partial charge in [0.1, 0.15) is 11.5 Å². The SMILES string of the molecule is O=C(CCn1nccc1C(=O)O)Nc1c(Br)cc(F)cc1Br. The number of aromatic nitrogens is 2. The van der Waals surface area contributed by atoms with Crippen molar-refractivity contribution in [2.24, 2.45) is 0 Å². The summed E-state index contributed by atoms with van der Waals surface area (Å²) >= 11 is 6.33. The van der Waals surface area contributed by atoms with Crippen molar-refractivity contribution < 1.29 is 19.1 Å². The maximum atomic E-state index is 13.2. The monoisotopic (exact) mass is 433 g/mol. The van der Waals surface area contributed by atoms with E-state index in [9.17, 15) is 14.0 Å². The lowest BCUT2D eigenvalue weighted by molar-refractivity contribution is -0.116. The largest absolute Gasteiger partial charge is 0.477 e. The molecule has 1 aromatic heterocycles.